The maximum absolute atomic E-state index is 13.3. The molecule has 0 saturated heterocycles. The normalized spacial score (nSPS) is 13.1. The number of carbonyl (C=O) groups is 2. The fraction of sp³-hybridized carbons (Fsp3) is 0.0370. The van der Waals surface area contributed by atoms with Crippen molar-refractivity contribution in [1.29, 1.82) is 0 Å². The third kappa shape index (κ3) is 2.88. The van der Waals surface area contributed by atoms with Gasteiger partial charge in [-0.1, -0.05) is 48.5 Å². The number of methoxy groups -OCH3 is 1. The van der Waals surface area contributed by atoms with Gasteiger partial charge in [0.2, 0.25) is 0 Å². The lowest BCUT2D eigenvalue weighted by Crippen LogP contribution is -2.29. The standard InChI is InChI=1S/C27H17NO5/c1-31-23-13-7-4-10-20(23)28-26(29)18-14-24-25(15-19(18)27(28)30)33-22-12-6-3-9-17(22)16-8-2-5-11-21(16)32-24/h2-15H,1H3. The van der Waals surface area contributed by atoms with Gasteiger partial charge in [0.05, 0.1) is 23.9 Å². The molecule has 0 spiro atoms. The van der Waals surface area contributed by atoms with Gasteiger partial charge in [-0.15, -0.1) is 0 Å². The summed E-state index contributed by atoms with van der Waals surface area (Å²) in [5.74, 6) is -0.455. The zero-order valence-electron chi connectivity index (χ0n) is 17.6. The molecule has 0 N–H and O–H groups in total. The summed E-state index contributed by atoms with van der Waals surface area (Å²) in [7, 11) is 1.50. The summed E-state index contributed by atoms with van der Waals surface area (Å²) in [5.41, 5.74) is 2.87. The predicted octanol–water partition coefficient (Wildman–Crippen LogP) is 6.27. The van der Waals surface area contributed by atoms with Crippen LogP contribution in [0.3, 0.4) is 0 Å². The Kier molecular flexibility index (Phi) is 4.20. The summed E-state index contributed by atoms with van der Waals surface area (Å²) >= 11 is 0. The molecule has 4 aromatic carbocycles. The molecule has 1 aliphatic heterocycles. The van der Waals surface area contributed by atoms with Crippen molar-refractivity contribution in [3.05, 3.63) is 96.1 Å². The highest BCUT2D eigenvalue weighted by Gasteiger charge is 2.38. The fourth-order valence-corrected chi connectivity index (χ4v) is 4.23. The van der Waals surface area contributed by atoms with Crippen molar-refractivity contribution >= 4 is 50.6 Å². The molecule has 0 fully saturated rings. The quantitative estimate of drug-likeness (QED) is 0.306. The Hall–Kier alpha value is -4.58. The first-order chi connectivity index (χ1) is 16.2. The summed E-state index contributed by atoms with van der Waals surface area (Å²) in [4.78, 5) is 27.7. The van der Waals surface area contributed by atoms with E-state index in [1.54, 1.807) is 36.4 Å². The molecule has 2 amide bonds. The van der Waals surface area contributed by atoms with Crippen molar-refractivity contribution in [2.75, 3.05) is 12.0 Å². The van der Waals surface area contributed by atoms with Crippen LogP contribution >= 0.6 is 0 Å². The molecule has 6 nitrogen and oxygen atoms in total. The zero-order valence-corrected chi connectivity index (χ0v) is 17.6. The van der Waals surface area contributed by atoms with Gasteiger partial charge >= 0.3 is 0 Å². The van der Waals surface area contributed by atoms with E-state index in [-0.39, 0.29) is 11.1 Å². The molecule has 6 rings (SSSR count). The monoisotopic (exact) mass is 435 g/mol. The molecule has 0 atom stereocenters. The molecular weight excluding hydrogens is 418 g/mol. The van der Waals surface area contributed by atoms with E-state index in [0.717, 1.165) is 15.7 Å². The third-order valence-corrected chi connectivity index (χ3v) is 5.78. The number of hydrogen-bond acceptors (Lipinski definition) is 5. The largest absolute Gasteiger partial charge is 0.495 e. The van der Waals surface area contributed by atoms with Gasteiger partial charge < -0.3 is 13.6 Å². The Morgan fingerprint density at radius 3 is 1.67 bits per heavy atom. The minimum atomic E-state index is -0.443. The molecule has 0 saturated carbocycles. The number of amides is 2. The van der Waals surface area contributed by atoms with Crippen molar-refractivity contribution in [2.24, 2.45) is 0 Å². The van der Waals surface area contributed by atoms with Gasteiger partial charge in [0.25, 0.3) is 11.8 Å². The number of para-hydroxylation sites is 4. The minimum absolute atomic E-state index is 0.250. The smallest absolute Gasteiger partial charge is 0.266 e. The highest BCUT2D eigenvalue weighted by atomic mass is 16.5. The summed E-state index contributed by atoms with van der Waals surface area (Å²) in [6.45, 7) is 0. The van der Waals surface area contributed by atoms with Gasteiger partial charge in [0.15, 0.2) is 11.2 Å². The van der Waals surface area contributed by atoms with Crippen LogP contribution < -0.4 is 9.64 Å². The number of anilines is 1. The fourth-order valence-electron chi connectivity index (χ4n) is 4.23. The van der Waals surface area contributed by atoms with Crippen molar-refractivity contribution in [3.8, 4) is 5.75 Å². The SMILES string of the molecule is COc1ccccc1N1C(=O)c2cc3oc4ccccc4c4ccccc4oc3cc2C1=O. The van der Waals surface area contributed by atoms with Crippen molar-refractivity contribution < 1.29 is 23.2 Å². The van der Waals surface area contributed by atoms with Crippen LogP contribution in [0.1, 0.15) is 20.7 Å². The second-order valence-electron chi connectivity index (χ2n) is 7.66. The van der Waals surface area contributed by atoms with E-state index in [1.165, 1.54) is 7.11 Å². The molecule has 1 aliphatic rings. The average Bonchev–Trinajstić information content (AvgIpc) is 3.07. The number of imide groups is 1. The summed E-state index contributed by atoms with van der Waals surface area (Å²) < 4.78 is 17.8. The summed E-state index contributed by atoms with van der Waals surface area (Å²) in [6.07, 6.45) is 0. The lowest BCUT2D eigenvalue weighted by molar-refractivity contribution is 0.0925. The molecule has 2 heterocycles. The zero-order chi connectivity index (χ0) is 22.5. The molecule has 0 aliphatic carbocycles. The molecule has 0 bridgehead atoms. The maximum atomic E-state index is 13.3. The van der Waals surface area contributed by atoms with Crippen LogP contribution in [0, 0.1) is 0 Å². The number of rotatable bonds is 2. The van der Waals surface area contributed by atoms with Gasteiger partial charge in [0, 0.05) is 10.8 Å². The Morgan fingerprint density at radius 1 is 0.636 bits per heavy atom. The minimum Gasteiger partial charge on any atom is -0.495 e. The Balaban J connectivity index is 1.65. The van der Waals surface area contributed by atoms with E-state index in [1.807, 2.05) is 48.5 Å². The molecule has 1 aromatic heterocycles. The van der Waals surface area contributed by atoms with E-state index >= 15 is 0 Å². The topological polar surface area (TPSA) is 72.9 Å². The van der Waals surface area contributed by atoms with E-state index in [4.69, 9.17) is 13.6 Å². The first-order valence-electron chi connectivity index (χ1n) is 10.4. The number of carbonyl (C=O) groups excluding carboxylic acids is 2. The lowest BCUT2D eigenvalue weighted by atomic mass is 10.1. The second kappa shape index (κ2) is 7.24. The first-order valence-corrected chi connectivity index (χ1v) is 10.4. The third-order valence-electron chi connectivity index (χ3n) is 5.78. The van der Waals surface area contributed by atoms with E-state index in [9.17, 15) is 9.59 Å². The van der Waals surface area contributed by atoms with Crippen LogP contribution in [0.5, 0.6) is 5.75 Å². The Morgan fingerprint density at radius 2 is 1.12 bits per heavy atom. The molecule has 33 heavy (non-hydrogen) atoms. The first kappa shape index (κ1) is 19.1. The number of hydrogen-bond donors (Lipinski definition) is 0. The molecule has 6 heteroatoms. The average molecular weight is 435 g/mol. The van der Waals surface area contributed by atoms with Crippen LogP contribution in [-0.4, -0.2) is 18.9 Å². The molecular formula is C27H17NO5. The molecule has 5 aromatic rings. The van der Waals surface area contributed by atoms with Gasteiger partial charge in [-0.25, -0.2) is 4.90 Å². The van der Waals surface area contributed by atoms with Crippen LogP contribution in [-0.2, 0) is 0 Å². The highest BCUT2D eigenvalue weighted by Crippen LogP contribution is 2.37. The summed E-state index contributed by atoms with van der Waals surface area (Å²) in [5, 5.41) is 1.74. The highest BCUT2D eigenvalue weighted by molar-refractivity contribution is 6.35. The Bertz CT molecular complexity index is 1560. The number of benzene rings is 4. The van der Waals surface area contributed by atoms with Gasteiger partial charge in [-0.05, 0) is 36.4 Å². The second-order valence-corrected chi connectivity index (χ2v) is 7.66. The predicted molar refractivity (Wildman–Crippen MR) is 125 cm³/mol. The molecule has 0 unspecified atom stereocenters. The Labute approximate surface area is 187 Å². The van der Waals surface area contributed by atoms with Crippen LogP contribution in [0.4, 0.5) is 5.69 Å². The van der Waals surface area contributed by atoms with Gasteiger partial charge in [0.1, 0.15) is 16.9 Å². The van der Waals surface area contributed by atoms with Crippen molar-refractivity contribution in [2.45, 2.75) is 0 Å². The molecule has 0 radical (unpaired) electrons. The number of fused-ring (bicyclic) bond motifs is 5. The van der Waals surface area contributed by atoms with E-state index in [2.05, 4.69) is 0 Å². The van der Waals surface area contributed by atoms with E-state index < -0.39 is 11.8 Å². The maximum Gasteiger partial charge on any atom is 0.266 e. The number of ether oxygens (including phenoxy) is 1. The molecule has 160 valence electrons. The van der Waals surface area contributed by atoms with Crippen LogP contribution in [0.2, 0.25) is 0 Å². The summed E-state index contributed by atoms with van der Waals surface area (Å²) in [6, 6.07) is 25.3. The van der Waals surface area contributed by atoms with Gasteiger partial charge in [-0.3, -0.25) is 9.59 Å². The lowest BCUT2D eigenvalue weighted by Gasteiger charge is -2.16. The van der Waals surface area contributed by atoms with Crippen molar-refractivity contribution in [1.82, 2.24) is 0 Å². The van der Waals surface area contributed by atoms with Crippen LogP contribution in [0.25, 0.3) is 33.1 Å². The van der Waals surface area contributed by atoms with Crippen LogP contribution in [0.15, 0.2) is 93.8 Å². The van der Waals surface area contributed by atoms with E-state index in [0.29, 0.717) is 33.8 Å². The number of nitrogens with zero attached hydrogens (tertiary/aromatic N) is 1. The van der Waals surface area contributed by atoms with Crippen molar-refractivity contribution in [3.63, 3.8) is 0 Å². The van der Waals surface area contributed by atoms with Gasteiger partial charge in [-0.2, -0.15) is 0 Å².